The van der Waals surface area contributed by atoms with Gasteiger partial charge in [0.15, 0.2) is 11.8 Å². The minimum absolute atomic E-state index is 0.162. The zero-order chi connectivity index (χ0) is 25.2. The summed E-state index contributed by atoms with van der Waals surface area (Å²) in [5.41, 5.74) is 8.20. The third-order valence-electron chi connectivity index (χ3n) is 6.23. The highest BCUT2D eigenvalue weighted by atomic mass is 16.5. The van der Waals surface area contributed by atoms with Crippen LogP contribution in [0, 0.1) is 0 Å². The summed E-state index contributed by atoms with van der Waals surface area (Å²) in [6, 6.07) is 13.6. The van der Waals surface area contributed by atoms with Crippen LogP contribution in [0.4, 0.5) is 5.82 Å². The number of nitrogen functional groups attached to an aromatic ring is 1. The maximum Gasteiger partial charge on any atom is 0.253 e. The van der Waals surface area contributed by atoms with Crippen molar-refractivity contribution in [2.45, 2.75) is 25.0 Å². The molecule has 0 bridgehead atoms. The van der Waals surface area contributed by atoms with Gasteiger partial charge in [0.2, 0.25) is 0 Å². The number of piperidine rings is 1. The number of aliphatic hydroxyl groups is 2. The zero-order valence-corrected chi connectivity index (χ0v) is 19.4. The molecule has 2 aromatic carbocycles. The zero-order valence-electron chi connectivity index (χ0n) is 19.4. The number of ether oxygens (including phenoxy) is 1. The molecule has 2 atom stereocenters. The lowest BCUT2D eigenvalue weighted by Crippen LogP contribution is -2.46. The number of phenolic OH excluding ortho intramolecular Hbond substituents is 1. The summed E-state index contributed by atoms with van der Waals surface area (Å²) >= 11 is 0. The largest absolute Gasteiger partial charge is 0.508 e. The summed E-state index contributed by atoms with van der Waals surface area (Å²) in [5, 5.41) is 33.9. The van der Waals surface area contributed by atoms with Crippen LogP contribution in [0.15, 0.2) is 54.9 Å². The molecule has 186 valence electrons. The molecule has 0 radical (unpaired) electrons. The number of phenols is 1. The molecule has 0 saturated carbocycles. The number of rotatable bonds is 6. The van der Waals surface area contributed by atoms with Crippen molar-refractivity contribution in [1.82, 2.24) is 24.6 Å². The Morgan fingerprint density at radius 2 is 1.81 bits per heavy atom. The standard InChI is InChI=1S/C25H26N6O5/c26-23-21-22(15-3-7-18(8-4-15)36-19-9-5-17(33)6-10-19)29-31(24(21)28-14-27-23)16-2-1-11-30(12-16)25(35)20(34)13-32/h3-10,14,16,20,32-34H,1-2,11-13H2,(H2,26,27,28). The number of aromatic nitrogens is 4. The van der Waals surface area contributed by atoms with Crippen LogP contribution in [0.2, 0.25) is 0 Å². The number of amides is 1. The van der Waals surface area contributed by atoms with Crippen molar-refractivity contribution in [3.05, 3.63) is 54.9 Å². The second-order valence-corrected chi connectivity index (χ2v) is 8.65. The van der Waals surface area contributed by atoms with Crippen LogP contribution in [0.5, 0.6) is 17.2 Å². The van der Waals surface area contributed by atoms with Crippen molar-refractivity contribution in [3.8, 4) is 28.5 Å². The van der Waals surface area contributed by atoms with Gasteiger partial charge in [-0.05, 0) is 61.4 Å². The fraction of sp³-hybridized carbons (Fsp3) is 0.280. The van der Waals surface area contributed by atoms with Crippen LogP contribution in [-0.4, -0.2) is 71.7 Å². The molecule has 1 saturated heterocycles. The molecule has 4 aromatic rings. The molecular formula is C25H26N6O5. The van der Waals surface area contributed by atoms with Crippen molar-refractivity contribution in [3.63, 3.8) is 0 Å². The first-order valence-corrected chi connectivity index (χ1v) is 11.6. The first kappa shape index (κ1) is 23.5. The Kier molecular flexibility index (Phi) is 6.40. The molecule has 2 aromatic heterocycles. The number of anilines is 1. The molecule has 3 heterocycles. The lowest BCUT2D eigenvalue weighted by atomic mass is 10.1. The molecule has 1 aliphatic heterocycles. The summed E-state index contributed by atoms with van der Waals surface area (Å²) in [7, 11) is 0. The number of aromatic hydroxyl groups is 1. The number of likely N-dealkylation sites (tertiary alicyclic amines) is 1. The lowest BCUT2D eigenvalue weighted by molar-refractivity contribution is -0.143. The SMILES string of the molecule is Nc1ncnc2c1c(-c1ccc(Oc3ccc(O)cc3)cc1)nn2C1CCCN(C(=O)C(O)CO)C1. The summed E-state index contributed by atoms with van der Waals surface area (Å²) in [6.07, 6.45) is 1.43. The van der Waals surface area contributed by atoms with Crippen LogP contribution >= 0.6 is 0 Å². The third-order valence-corrected chi connectivity index (χ3v) is 6.23. The summed E-state index contributed by atoms with van der Waals surface area (Å²) in [5.74, 6) is 1.16. The smallest absolute Gasteiger partial charge is 0.253 e. The molecule has 1 aliphatic rings. The Morgan fingerprint density at radius 1 is 1.11 bits per heavy atom. The maximum absolute atomic E-state index is 12.4. The number of nitrogens with zero attached hydrogens (tertiary/aromatic N) is 5. The summed E-state index contributed by atoms with van der Waals surface area (Å²) < 4.78 is 7.61. The van der Waals surface area contributed by atoms with Gasteiger partial charge in [-0.15, -0.1) is 0 Å². The van der Waals surface area contributed by atoms with Gasteiger partial charge in [0, 0.05) is 18.7 Å². The molecule has 2 unspecified atom stereocenters. The van der Waals surface area contributed by atoms with Crippen molar-refractivity contribution < 1.29 is 24.9 Å². The molecule has 36 heavy (non-hydrogen) atoms. The average Bonchev–Trinajstić information content (AvgIpc) is 3.31. The normalized spacial score (nSPS) is 16.7. The van der Waals surface area contributed by atoms with Crippen molar-refractivity contribution in [2.24, 2.45) is 0 Å². The van der Waals surface area contributed by atoms with E-state index in [1.807, 2.05) is 24.3 Å². The fourth-order valence-electron chi connectivity index (χ4n) is 4.43. The molecule has 11 heteroatoms. The van der Waals surface area contributed by atoms with E-state index in [-0.39, 0.29) is 11.8 Å². The van der Waals surface area contributed by atoms with E-state index in [1.54, 1.807) is 33.8 Å². The third kappa shape index (κ3) is 4.53. The van der Waals surface area contributed by atoms with Crippen molar-refractivity contribution in [2.75, 3.05) is 25.4 Å². The van der Waals surface area contributed by atoms with Crippen LogP contribution in [0.25, 0.3) is 22.3 Å². The van der Waals surface area contributed by atoms with Gasteiger partial charge in [-0.1, -0.05) is 0 Å². The second-order valence-electron chi connectivity index (χ2n) is 8.65. The molecule has 0 aliphatic carbocycles. The first-order chi connectivity index (χ1) is 17.4. The Morgan fingerprint density at radius 3 is 2.50 bits per heavy atom. The van der Waals surface area contributed by atoms with Crippen LogP contribution in [-0.2, 0) is 4.79 Å². The van der Waals surface area contributed by atoms with E-state index in [0.29, 0.717) is 47.1 Å². The molecule has 11 nitrogen and oxygen atoms in total. The van der Waals surface area contributed by atoms with E-state index in [2.05, 4.69) is 9.97 Å². The highest BCUT2D eigenvalue weighted by molar-refractivity contribution is 5.98. The van der Waals surface area contributed by atoms with Crippen LogP contribution < -0.4 is 10.5 Å². The predicted octanol–water partition coefficient (Wildman–Crippen LogP) is 2.09. The van der Waals surface area contributed by atoms with Crippen molar-refractivity contribution in [1.29, 1.82) is 0 Å². The highest BCUT2D eigenvalue weighted by Crippen LogP contribution is 2.35. The number of carbonyl (C=O) groups is 1. The van der Waals surface area contributed by atoms with E-state index >= 15 is 0 Å². The molecule has 5 rings (SSSR count). The molecule has 0 spiro atoms. The van der Waals surface area contributed by atoms with Gasteiger partial charge in [0.05, 0.1) is 18.0 Å². The monoisotopic (exact) mass is 490 g/mol. The number of hydrogen-bond donors (Lipinski definition) is 4. The Bertz CT molecular complexity index is 1370. The highest BCUT2D eigenvalue weighted by Gasteiger charge is 2.31. The van der Waals surface area contributed by atoms with E-state index in [1.165, 1.54) is 6.33 Å². The number of benzene rings is 2. The molecule has 1 amide bonds. The van der Waals surface area contributed by atoms with Gasteiger partial charge in [-0.2, -0.15) is 5.10 Å². The first-order valence-electron chi connectivity index (χ1n) is 11.6. The van der Waals surface area contributed by atoms with Gasteiger partial charge in [-0.3, -0.25) is 4.79 Å². The van der Waals surface area contributed by atoms with E-state index < -0.39 is 18.6 Å². The Labute approximate surface area is 206 Å². The van der Waals surface area contributed by atoms with Crippen LogP contribution in [0.3, 0.4) is 0 Å². The number of fused-ring (bicyclic) bond motifs is 1. The van der Waals surface area contributed by atoms with Gasteiger partial charge in [0.1, 0.15) is 35.1 Å². The van der Waals surface area contributed by atoms with Gasteiger partial charge < -0.3 is 30.7 Å². The Hall–Kier alpha value is -4.22. The van der Waals surface area contributed by atoms with Gasteiger partial charge in [0.25, 0.3) is 5.91 Å². The number of nitrogens with two attached hydrogens (primary N) is 1. The average molecular weight is 491 g/mol. The van der Waals surface area contributed by atoms with E-state index in [0.717, 1.165) is 18.4 Å². The molecule has 5 N–H and O–H groups in total. The number of hydrogen-bond acceptors (Lipinski definition) is 9. The van der Waals surface area contributed by atoms with Crippen LogP contribution in [0.1, 0.15) is 18.9 Å². The van der Waals surface area contributed by atoms with E-state index in [4.69, 9.17) is 20.7 Å². The Balaban J connectivity index is 1.46. The summed E-state index contributed by atoms with van der Waals surface area (Å²) in [4.78, 5) is 22.6. The van der Waals surface area contributed by atoms with Gasteiger partial charge >= 0.3 is 0 Å². The second kappa shape index (κ2) is 9.80. The van der Waals surface area contributed by atoms with E-state index in [9.17, 15) is 15.0 Å². The van der Waals surface area contributed by atoms with Gasteiger partial charge in [-0.25, -0.2) is 14.6 Å². The topological polar surface area (TPSA) is 160 Å². The minimum Gasteiger partial charge on any atom is -0.508 e. The summed E-state index contributed by atoms with van der Waals surface area (Å²) in [6.45, 7) is 0.207. The maximum atomic E-state index is 12.4. The molecular weight excluding hydrogens is 464 g/mol. The van der Waals surface area contributed by atoms with Crippen molar-refractivity contribution >= 4 is 22.8 Å². The minimum atomic E-state index is -1.44. The quantitative estimate of drug-likeness (QED) is 0.317. The number of carbonyl (C=O) groups excluding carboxylic acids is 1. The predicted molar refractivity (Wildman–Crippen MR) is 131 cm³/mol. The lowest BCUT2D eigenvalue weighted by Gasteiger charge is -2.33. The molecule has 1 fully saturated rings. The fourth-order valence-corrected chi connectivity index (χ4v) is 4.43. The number of aliphatic hydroxyl groups excluding tert-OH is 2.